The Balaban J connectivity index is 2.28. The molecule has 0 radical (unpaired) electrons. The van der Waals surface area contributed by atoms with Gasteiger partial charge in [-0.2, -0.15) is 0 Å². The number of allylic oxidation sites excluding steroid dienone is 2. The molecule has 0 amide bonds. The van der Waals surface area contributed by atoms with E-state index >= 15 is 0 Å². The Morgan fingerprint density at radius 3 is 1.27 bits per heavy atom. The van der Waals surface area contributed by atoms with Crippen molar-refractivity contribution in [2.75, 3.05) is 66.1 Å². The zero-order valence-corrected chi connectivity index (χ0v) is 19.0. The molecular formula is C24H38O6. The quantitative estimate of drug-likeness (QED) is 0.256. The number of hydrogen-bond donors (Lipinski definition) is 0. The maximum absolute atomic E-state index is 5.56. The molecule has 0 aliphatic carbocycles. The molecule has 0 saturated carbocycles. The van der Waals surface area contributed by atoms with Crippen molar-refractivity contribution in [3.63, 3.8) is 0 Å². The molecule has 1 aromatic rings. The standard InChI is InChI=1S/C24H38O6/c1-5-25-11-13-27-15-17-29-19-21(3)23-7-9-24(10-8-23)22(4)20-30-18-16-28-14-12-26-6-2/h7-10,19-20H,5-6,11-18H2,1-4H3/b21-19-,22-20-. The van der Waals surface area contributed by atoms with Crippen LogP contribution in [0.3, 0.4) is 0 Å². The van der Waals surface area contributed by atoms with Crippen LogP contribution in [0.25, 0.3) is 11.1 Å². The van der Waals surface area contributed by atoms with E-state index in [0.29, 0.717) is 66.1 Å². The van der Waals surface area contributed by atoms with Gasteiger partial charge >= 0.3 is 0 Å². The third-order valence-corrected chi connectivity index (χ3v) is 4.16. The van der Waals surface area contributed by atoms with Gasteiger partial charge in [0.1, 0.15) is 13.2 Å². The molecule has 1 rings (SSSR count). The first-order chi connectivity index (χ1) is 14.7. The number of benzene rings is 1. The van der Waals surface area contributed by atoms with Gasteiger partial charge in [-0.05, 0) is 50.0 Å². The van der Waals surface area contributed by atoms with E-state index in [1.165, 1.54) is 0 Å². The van der Waals surface area contributed by atoms with Gasteiger partial charge in [-0.25, -0.2) is 0 Å². The zero-order valence-electron chi connectivity index (χ0n) is 19.0. The van der Waals surface area contributed by atoms with Gasteiger partial charge in [-0.15, -0.1) is 0 Å². The summed E-state index contributed by atoms with van der Waals surface area (Å²) in [7, 11) is 0. The van der Waals surface area contributed by atoms with E-state index in [1.54, 1.807) is 12.5 Å². The lowest BCUT2D eigenvalue weighted by Gasteiger charge is -2.08. The fraction of sp³-hybridized carbons (Fsp3) is 0.583. The Hall–Kier alpha value is -1.86. The molecule has 170 valence electrons. The molecule has 0 aliphatic rings. The predicted octanol–water partition coefficient (Wildman–Crippen LogP) is 4.55. The van der Waals surface area contributed by atoms with E-state index in [1.807, 2.05) is 27.7 Å². The summed E-state index contributed by atoms with van der Waals surface area (Å²) in [5.41, 5.74) is 4.37. The summed E-state index contributed by atoms with van der Waals surface area (Å²) in [5, 5.41) is 0. The van der Waals surface area contributed by atoms with Crippen LogP contribution in [0.1, 0.15) is 38.8 Å². The second-order valence-corrected chi connectivity index (χ2v) is 6.54. The SMILES string of the molecule is CCOCCOCCO/C=C(/C)c1ccc(/C(C)=C\OCCOCCOCC)cc1. The smallest absolute Gasteiger partial charge is 0.111 e. The van der Waals surface area contributed by atoms with Crippen LogP contribution in [0.5, 0.6) is 0 Å². The molecule has 0 bridgehead atoms. The highest BCUT2D eigenvalue weighted by Gasteiger charge is 2.00. The first-order valence-electron chi connectivity index (χ1n) is 10.7. The average molecular weight is 423 g/mol. The monoisotopic (exact) mass is 422 g/mol. The highest BCUT2D eigenvalue weighted by atomic mass is 16.5. The van der Waals surface area contributed by atoms with Crippen LogP contribution < -0.4 is 0 Å². The summed E-state index contributed by atoms with van der Waals surface area (Å²) < 4.78 is 32.4. The van der Waals surface area contributed by atoms with E-state index in [4.69, 9.17) is 28.4 Å². The predicted molar refractivity (Wildman–Crippen MR) is 120 cm³/mol. The third-order valence-electron chi connectivity index (χ3n) is 4.16. The van der Waals surface area contributed by atoms with Crippen molar-refractivity contribution in [2.45, 2.75) is 27.7 Å². The van der Waals surface area contributed by atoms with Crippen molar-refractivity contribution < 1.29 is 28.4 Å². The topological polar surface area (TPSA) is 55.4 Å². The molecule has 6 nitrogen and oxygen atoms in total. The van der Waals surface area contributed by atoms with Gasteiger partial charge in [0.2, 0.25) is 0 Å². The minimum Gasteiger partial charge on any atom is -0.498 e. The van der Waals surface area contributed by atoms with Crippen LogP contribution in [0.4, 0.5) is 0 Å². The highest BCUT2D eigenvalue weighted by molar-refractivity contribution is 5.68. The zero-order chi connectivity index (χ0) is 21.9. The minimum atomic E-state index is 0.524. The lowest BCUT2D eigenvalue weighted by molar-refractivity contribution is 0.0343. The van der Waals surface area contributed by atoms with Crippen LogP contribution in [0, 0.1) is 0 Å². The maximum Gasteiger partial charge on any atom is 0.111 e. The van der Waals surface area contributed by atoms with Gasteiger partial charge in [0, 0.05) is 13.2 Å². The molecule has 0 spiro atoms. The molecule has 0 aromatic heterocycles. The molecular weight excluding hydrogens is 384 g/mol. The normalized spacial score (nSPS) is 12.3. The molecule has 0 N–H and O–H groups in total. The molecule has 6 heteroatoms. The van der Waals surface area contributed by atoms with Gasteiger partial charge in [-0.3, -0.25) is 0 Å². The van der Waals surface area contributed by atoms with E-state index < -0.39 is 0 Å². The summed E-state index contributed by atoms with van der Waals surface area (Å²) in [4.78, 5) is 0. The first-order valence-corrected chi connectivity index (χ1v) is 10.7. The Bertz CT molecular complexity index is 541. The Labute approximate surface area is 181 Å². The lowest BCUT2D eigenvalue weighted by atomic mass is 10.0. The van der Waals surface area contributed by atoms with Crippen LogP contribution in [-0.4, -0.2) is 66.1 Å². The Kier molecular flexibility index (Phi) is 15.7. The second-order valence-electron chi connectivity index (χ2n) is 6.54. The number of rotatable bonds is 18. The second kappa shape index (κ2) is 18.0. The Morgan fingerprint density at radius 1 is 0.567 bits per heavy atom. The van der Waals surface area contributed by atoms with Crippen LogP contribution in [0.2, 0.25) is 0 Å². The van der Waals surface area contributed by atoms with Gasteiger partial charge in [0.25, 0.3) is 0 Å². The summed E-state index contributed by atoms with van der Waals surface area (Å²) in [6, 6.07) is 8.32. The van der Waals surface area contributed by atoms with Crippen LogP contribution in [0.15, 0.2) is 36.8 Å². The van der Waals surface area contributed by atoms with E-state index in [9.17, 15) is 0 Å². The van der Waals surface area contributed by atoms with E-state index in [0.717, 1.165) is 22.3 Å². The fourth-order valence-corrected chi connectivity index (χ4v) is 2.44. The maximum atomic E-state index is 5.56. The van der Waals surface area contributed by atoms with Crippen molar-refractivity contribution in [3.8, 4) is 0 Å². The molecule has 30 heavy (non-hydrogen) atoms. The van der Waals surface area contributed by atoms with Crippen molar-refractivity contribution in [1.29, 1.82) is 0 Å². The number of hydrogen-bond acceptors (Lipinski definition) is 6. The van der Waals surface area contributed by atoms with Gasteiger partial charge < -0.3 is 28.4 Å². The molecule has 0 fully saturated rings. The summed E-state index contributed by atoms with van der Waals surface area (Å²) in [5.74, 6) is 0. The van der Waals surface area contributed by atoms with Gasteiger partial charge in [0.05, 0.1) is 52.2 Å². The van der Waals surface area contributed by atoms with E-state index in [-0.39, 0.29) is 0 Å². The minimum absolute atomic E-state index is 0.524. The van der Waals surface area contributed by atoms with Crippen molar-refractivity contribution in [1.82, 2.24) is 0 Å². The average Bonchev–Trinajstić information content (AvgIpc) is 2.77. The molecule has 0 saturated heterocycles. The highest BCUT2D eigenvalue weighted by Crippen LogP contribution is 2.19. The van der Waals surface area contributed by atoms with Crippen molar-refractivity contribution in [2.24, 2.45) is 0 Å². The first kappa shape index (κ1) is 26.2. The van der Waals surface area contributed by atoms with Crippen molar-refractivity contribution in [3.05, 3.63) is 47.9 Å². The van der Waals surface area contributed by atoms with Crippen LogP contribution in [-0.2, 0) is 28.4 Å². The molecule has 1 aromatic carbocycles. The molecule has 0 heterocycles. The molecule has 0 atom stereocenters. The summed E-state index contributed by atoms with van der Waals surface area (Å²) in [6.45, 7) is 14.0. The van der Waals surface area contributed by atoms with Crippen molar-refractivity contribution >= 4 is 11.1 Å². The third kappa shape index (κ3) is 12.6. The largest absolute Gasteiger partial charge is 0.498 e. The van der Waals surface area contributed by atoms with Gasteiger partial charge in [0.15, 0.2) is 0 Å². The molecule has 0 aliphatic heterocycles. The Morgan fingerprint density at radius 2 is 0.900 bits per heavy atom. The van der Waals surface area contributed by atoms with Crippen LogP contribution >= 0.6 is 0 Å². The number of ether oxygens (including phenoxy) is 6. The summed E-state index contributed by atoms with van der Waals surface area (Å²) >= 11 is 0. The summed E-state index contributed by atoms with van der Waals surface area (Å²) in [6.07, 6.45) is 3.55. The van der Waals surface area contributed by atoms with E-state index in [2.05, 4.69) is 24.3 Å². The van der Waals surface area contributed by atoms with Gasteiger partial charge in [-0.1, -0.05) is 24.3 Å². The fourth-order valence-electron chi connectivity index (χ4n) is 2.44. The molecule has 0 unspecified atom stereocenters. The lowest BCUT2D eigenvalue weighted by Crippen LogP contribution is -2.08.